The molecule has 0 spiro atoms. The van der Waals surface area contributed by atoms with E-state index in [0.29, 0.717) is 13.2 Å². The lowest BCUT2D eigenvalue weighted by Gasteiger charge is -2.34. The van der Waals surface area contributed by atoms with E-state index in [-0.39, 0.29) is 28.4 Å². The van der Waals surface area contributed by atoms with E-state index in [2.05, 4.69) is 14.3 Å². The van der Waals surface area contributed by atoms with Crippen LogP contribution >= 0.6 is 11.3 Å². The van der Waals surface area contributed by atoms with Crippen LogP contribution in [0.5, 0.6) is 0 Å². The number of morpholine rings is 1. The number of nitrogens with one attached hydrogen (secondary N) is 2. The molecular formula is C19H25N3O5S3. The van der Waals surface area contributed by atoms with Crippen LogP contribution in [0.1, 0.15) is 23.8 Å². The summed E-state index contributed by atoms with van der Waals surface area (Å²) in [6.45, 7) is 2.96. The molecule has 0 radical (unpaired) electrons. The Balaban J connectivity index is 1.46. The molecule has 1 aliphatic heterocycles. The van der Waals surface area contributed by atoms with Gasteiger partial charge in [-0.3, -0.25) is 4.90 Å². The third-order valence-corrected chi connectivity index (χ3v) is 9.12. The summed E-state index contributed by atoms with van der Waals surface area (Å²) >= 11 is 1.59. The van der Waals surface area contributed by atoms with Gasteiger partial charge in [0.25, 0.3) is 0 Å². The highest BCUT2D eigenvalue weighted by atomic mass is 32.2. The lowest BCUT2D eigenvalue weighted by molar-refractivity contribution is 0.0179. The number of nitrogens with zero attached hydrogens (tertiary/aromatic N) is 1. The molecule has 4 rings (SSSR count). The molecule has 0 amide bonds. The predicted octanol–water partition coefficient (Wildman–Crippen LogP) is 1.54. The van der Waals surface area contributed by atoms with Gasteiger partial charge in [0.1, 0.15) is 0 Å². The highest BCUT2D eigenvalue weighted by Crippen LogP contribution is 2.26. The van der Waals surface area contributed by atoms with Crippen molar-refractivity contribution in [3.05, 3.63) is 46.7 Å². The van der Waals surface area contributed by atoms with Gasteiger partial charge >= 0.3 is 0 Å². The molecule has 1 aromatic carbocycles. The summed E-state index contributed by atoms with van der Waals surface area (Å²) in [5.74, 6) is 0. The van der Waals surface area contributed by atoms with Crippen LogP contribution in [0.2, 0.25) is 0 Å². The number of ether oxygens (including phenoxy) is 1. The van der Waals surface area contributed by atoms with Crippen molar-refractivity contribution in [1.82, 2.24) is 14.3 Å². The van der Waals surface area contributed by atoms with Crippen LogP contribution in [0.25, 0.3) is 0 Å². The summed E-state index contributed by atoms with van der Waals surface area (Å²) in [6, 6.07) is 9.20. The number of hydrogen-bond acceptors (Lipinski definition) is 7. The van der Waals surface area contributed by atoms with Gasteiger partial charge in [0.2, 0.25) is 20.0 Å². The van der Waals surface area contributed by atoms with Gasteiger partial charge in [-0.05, 0) is 48.6 Å². The predicted molar refractivity (Wildman–Crippen MR) is 114 cm³/mol. The Kier molecular flexibility index (Phi) is 6.58. The monoisotopic (exact) mass is 471 g/mol. The molecule has 2 heterocycles. The molecule has 1 aromatic heterocycles. The van der Waals surface area contributed by atoms with Gasteiger partial charge in [-0.25, -0.2) is 26.3 Å². The maximum absolute atomic E-state index is 12.8. The summed E-state index contributed by atoms with van der Waals surface area (Å²) in [5.41, 5.74) is 0. The average molecular weight is 472 g/mol. The van der Waals surface area contributed by atoms with Crippen molar-refractivity contribution >= 4 is 31.4 Å². The molecule has 2 aliphatic rings. The molecule has 2 N–H and O–H groups in total. The van der Waals surface area contributed by atoms with Gasteiger partial charge in [-0.1, -0.05) is 6.07 Å². The second-order valence-electron chi connectivity index (χ2n) is 7.40. The van der Waals surface area contributed by atoms with E-state index in [9.17, 15) is 16.8 Å². The first kappa shape index (κ1) is 21.9. The minimum absolute atomic E-state index is 0.00514. The minimum atomic E-state index is -3.78. The second-order valence-corrected chi connectivity index (χ2v) is 11.9. The molecule has 1 saturated carbocycles. The van der Waals surface area contributed by atoms with Crippen LogP contribution in [0, 0.1) is 0 Å². The summed E-state index contributed by atoms with van der Waals surface area (Å²) in [7, 11) is -7.39. The molecule has 0 unspecified atom stereocenters. The Hall–Kier alpha value is -1.34. The zero-order valence-corrected chi connectivity index (χ0v) is 18.8. The first-order chi connectivity index (χ1) is 14.4. The Morgan fingerprint density at radius 2 is 1.63 bits per heavy atom. The van der Waals surface area contributed by atoms with Crippen molar-refractivity contribution in [2.75, 3.05) is 32.8 Å². The van der Waals surface area contributed by atoms with Gasteiger partial charge < -0.3 is 4.74 Å². The smallest absolute Gasteiger partial charge is 0.240 e. The molecule has 11 heteroatoms. The van der Waals surface area contributed by atoms with Gasteiger partial charge in [-0.2, -0.15) is 0 Å². The molecule has 2 fully saturated rings. The second kappa shape index (κ2) is 9.03. The average Bonchev–Trinajstić information content (AvgIpc) is 3.37. The molecule has 1 atom stereocenters. The fourth-order valence-corrected chi connectivity index (χ4v) is 6.54. The lowest BCUT2D eigenvalue weighted by atomic mass is 10.2. The maximum Gasteiger partial charge on any atom is 0.240 e. The normalized spacial score (nSPS) is 19.6. The van der Waals surface area contributed by atoms with E-state index in [1.54, 1.807) is 11.3 Å². The third kappa shape index (κ3) is 5.28. The van der Waals surface area contributed by atoms with Crippen molar-refractivity contribution in [3.8, 4) is 0 Å². The molecule has 1 saturated heterocycles. The Morgan fingerprint density at radius 3 is 2.20 bits per heavy atom. The Bertz CT molecular complexity index is 1040. The van der Waals surface area contributed by atoms with E-state index in [0.717, 1.165) is 30.8 Å². The van der Waals surface area contributed by atoms with E-state index in [4.69, 9.17) is 4.74 Å². The topological polar surface area (TPSA) is 105 Å². The van der Waals surface area contributed by atoms with Gasteiger partial charge in [-0.15, -0.1) is 11.3 Å². The Morgan fingerprint density at radius 1 is 1.00 bits per heavy atom. The number of benzene rings is 1. The highest BCUT2D eigenvalue weighted by molar-refractivity contribution is 7.90. The zero-order valence-electron chi connectivity index (χ0n) is 16.4. The molecule has 2 aromatic rings. The van der Waals surface area contributed by atoms with Crippen LogP contribution < -0.4 is 9.44 Å². The van der Waals surface area contributed by atoms with Crippen molar-refractivity contribution in [3.63, 3.8) is 0 Å². The molecule has 1 aliphatic carbocycles. The number of hydrogen-bond donors (Lipinski definition) is 2. The van der Waals surface area contributed by atoms with Crippen molar-refractivity contribution < 1.29 is 21.6 Å². The van der Waals surface area contributed by atoms with Gasteiger partial charge in [0.15, 0.2) is 0 Å². The fourth-order valence-electron chi connectivity index (χ4n) is 3.34. The van der Waals surface area contributed by atoms with Crippen LogP contribution in [-0.2, 0) is 24.8 Å². The van der Waals surface area contributed by atoms with Crippen LogP contribution in [0.3, 0.4) is 0 Å². The quantitative estimate of drug-likeness (QED) is 0.575. The first-order valence-corrected chi connectivity index (χ1v) is 13.7. The molecular weight excluding hydrogens is 446 g/mol. The van der Waals surface area contributed by atoms with E-state index < -0.39 is 20.0 Å². The van der Waals surface area contributed by atoms with Crippen LogP contribution in [0.15, 0.2) is 51.6 Å². The molecule has 30 heavy (non-hydrogen) atoms. The summed E-state index contributed by atoms with van der Waals surface area (Å²) < 4.78 is 60.9. The summed E-state index contributed by atoms with van der Waals surface area (Å²) in [6.07, 6.45) is 1.67. The maximum atomic E-state index is 12.8. The Labute approximate surface area is 181 Å². The third-order valence-electron chi connectivity index (χ3n) is 5.17. The number of sulfonamides is 2. The lowest BCUT2D eigenvalue weighted by Crippen LogP contribution is -2.43. The summed E-state index contributed by atoms with van der Waals surface area (Å²) in [5, 5.41) is 1.98. The first-order valence-electron chi connectivity index (χ1n) is 9.82. The SMILES string of the molecule is O=S(=O)(NC[C@@H](c1cccs1)N1CCOCC1)c1ccc(S(=O)(=O)NC2CC2)cc1. The number of rotatable bonds is 9. The van der Waals surface area contributed by atoms with Gasteiger partial charge in [0, 0.05) is 30.6 Å². The van der Waals surface area contributed by atoms with Crippen molar-refractivity contribution in [1.29, 1.82) is 0 Å². The van der Waals surface area contributed by atoms with Crippen molar-refractivity contribution in [2.24, 2.45) is 0 Å². The van der Waals surface area contributed by atoms with E-state index in [1.807, 2.05) is 17.5 Å². The van der Waals surface area contributed by atoms with E-state index in [1.165, 1.54) is 24.3 Å². The standard InChI is InChI=1S/C19H25N3O5S3/c23-29(24,16-5-7-17(8-6-16)30(25,26)21-15-3-4-15)20-14-18(19-2-1-13-28-19)22-9-11-27-12-10-22/h1-2,5-8,13,15,18,20-21H,3-4,9-12,14H2/t18-/m0/s1. The van der Waals surface area contributed by atoms with Crippen LogP contribution in [-0.4, -0.2) is 60.6 Å². The number of thiophene rings is 1. The van der Waals surface area contributed by atoms with Gasteiger partial charge in [0.05, 0.1) is 29.0 Å². The fraction of sp³-hybridized carbons (Fsp3) is 0.474. The van der Waals surface area contributed by atoms with Crippen LogP contribution in [0.4, 0.5) is 0 Å². The molecule has 0 bridgehead atoms. The van der Waals surface area contributed by atoms with E-state index >= 15 is 0 Å². The molecule has 164 valence electrons. The zero-order chi connectivity index (χ0) is 21.2. The highest BCUT2D eigenvalue weighted by Gasteiger charge is 2.29. The van der Waals surface area contributed by atoms with Crippen molar-refractivity contribution in [2.45, 2.75) is 34.7 Å². The minimum Gasteiger partial charge on any atom is -0.379 e. The summed E-state index contributed by atoms with van der Waals surface area (Å²) in [4.78, 5) is 3.42. The molecule has 8 nitrogen and oxygen atoms in total. The largest absolute Gasteiger partial charge is 0.379 e.